The molecule has 0 bridgehead atoms. The van der Waals surface area contributed by atoms with Crippen LogP contribution in [0, 0.1) is 11.3 Å². The van der Waals surface area contributed by atoms with E-state index in [0.29, 0.717) is 16.3 Å². The molecule has 0 spiro atoms. The van der Waals surface area contributed by atoms with Gasteiger partial charge in [0, 0.05) is 5.39 Å². The van der Waals surface area contributed by atoms with Crippen molar-refractivity contribution in [3.8, 4) is 17.2 Å². The van der Waals surface area contributed by atoms with E-state index >= 15 is 0 Å². The standard InChI is InChI=1S/C23H15N3O3/c24-13-17-5-1-2-6-18(17)16-11-9-15(10-12-16)14-29-23(28)21-19-7-3-4-8-20(19)22(27)26-25-21/h1-12H,14H2,(H,26,27). The zero-order valence-corrected chi connectivity index (χ0v) is 15.3. The number of aromatic nitrogens is 2. The van der Waals surface area contributed by atoms with Gasteiger partial charge in [0.15, 0.2) is 5.69 Å². The molecule has 29 heavy (non-hydrogen) atoms. The van der Waals surface area contributed by atoms with Crippen LogP contribution in [0.1, 0.15) is 21.6 Å². The zero-order valence-electron chi connectivity index (χ0n) is 15.3. The van der Waals surface area contributed by atoms with Crippen molar-refractivity contribution in [2.75, 3.05) is 0 Å². The van der Waals surface area contributed by atoms with E-state index < -0.39 is 5.97 Å². The third-order valence-corrected chi connectivity index (χ3v) is 4.57. The van der Waals surface area contributed by atoms with E-state index in [1.807, 2.05) is 42.5 Å². The van der Waals surface area contributed by atoms with Gasteiger partial charge < -0.3 is 4.74 Å². The Morgan fingerprint density at radius 3 is 2.41 bits per heavy atom. The van der Waals surface area contributed by atoms with Crippen molar-refractivity contribution in [2.45, 2.75) is 6.61 Å². The topological polar surface area (TPSA) is 95.8 Å². The van der Waals surface area contributed by atoms with Crippen molar-refractivity contribution in [1.82, 2.24) is 10.2 Å². The molecular weight excluding hydrogens is 366 g/mol. The number of esters is 1. The first-order valence-corrected chi connectivity index (χ1v) is 8.90. The van der Waals surface area contributed by atoms with E-state index in [1.54, 1.807) is 30.3 Å². The van der Waals surface area contributed by atoms with Crippen molar-refractivity contribution in [3.63, 3.8) is 0 Å². The Morgan fingerprint density at radius 2 is 1.66 bits per heavy atom. The molecular formula is C23H15N3O3. The molecule has 0 aliphatic carbocycles. The summed E-state index contributed by atoms with van der Waals surface area (Å²) in [6, 6.07) is 23.7. The number of carbonyl (C=O) groups excluding carboxylic acids is 1. The molecule has 0 unspecified atom stereocenters. The monoisotopic (exact) mass is 381 g/mol. The minimum absolute atomic E-state index is 0.0636. The van der Waals surface area contributed by atoms with Gasteiger partial charge in [-0.2, -0.15) is 10.4 Å². The fourth-order valence-electron chi connectivity index (χ4n) is 3.10. The Morgan fingerprint density at radius 1 is 0.966 bits per heavy atom. The van der Waals surface area contributed by atoms with Crippen LogP contribution < -0.4 is 5.56 Å². The molecule has 6 heteroatoms. The van der Waals surface area contributed by atoms with Gasteiger partial charge in [-0.3, -0.25) is 4.79 Å². The second-order valence-electron chi connectivity index (χ2n) is 6.38. The Bertz CT molecular complexity index is 1300. The van der Waals surface area contributed by atoms with Crippen molar-refractivity contribution in [1.29, 1.82) is 5.26 Å². The number of nitriles is 1. The van der Waals surface area contributed by atoms with Gasteiger partial charge in [0.05, 0.1) is 17.0 Å². The van der Waals surface area contributed by atoms with E-state index in [9.17, 15) is 14.9 Å². The Labute approximate surface area is 166 Å². The highest BCUT2D eigenvalue weighted by Gasteiger charge is 2.15. The molecule has 1 aromatic heterocycles. The van der Waals surface area contributed by atoms with Gasteiger partial charge in [0.2, 0.25) is 0 Å². The highest BCUT2D eigenvalue weighted by atomic mass is 16.5. The number of aromatic amines is 1. The van der Waals surface area contributed by atoms with Crippen molar-refractivity contribution >= 4 is 16.7 Å². The summed E-state index contributed by atoms with van der Waals surface area (Å²) >= 11 is 0. The summed E-state index contributed by atoms with van der Waals surface area (Å²) in [5.41, 5.74) is 2.87. The van der Waals surface area contributed by atoms with Crippen LogP contribution in [0.25, 0.3) is 21.9 Å². The molecule has 4 aromatic rings. The SMILES string of the molecule is N#Cc1ccccc1-c1ccc(COC(=O)c2n[nH]c(=O)c3ccccc23)cc1. The lowest BCUT2D eigenvalue weighted by Crippen LogP contribution is -2.16. The van der Waals surface area contributed by atoms with Gasteiger partial charge in [-0.25, -0.2) is 9.89 Å². The van der Waals surface area contributed by atoms with Crippen LogP contribution in [0.4, 0.5) is 0 Å². The number of rotatable bonds is 4. The molecule has 0 radical (unpaired) electrons. The second kappa shape index (κ2) is 7.79. The highest BCUT2D eigenvalue weighted by Crippen LogP contribution is 2.24. The van der Waals surface area contributed by atoms with Gasteiger partial charge in [-0.1, -0.05) is 60.7 Å². The first-order valence-electron chi connectivity index (χ1n) is 8.90. The molecule has 1 heterocycles. The number of fused-ring (bicyclic) bond motifs is 1. The van der Waals surface area contributed by atoms with Crippen LogP contribution in [0.5, 0.6) is 0 Å². The fraction of sp³-hybridized carbons (Fsp3) is 0.0435. The number of H-pyrrole nitrogens is 1. The maximum absolute atomic E-state index is 12.5. The molecule has 0 saturated carbocycles. The summed E-state index contributed by atoms with van der Waals surface area (Å²) in [6.07, 6.45) is 0. The maximum atomic E-state index is 12.5. The van der Waals surface area contributed by atoms with Crippen LogP contribution in [-0.4, -0.2) is 16.2 Å². The van der Waals surface area contributed by atoms with Crippen molar-refractivity contribution < 1.29 is 9.53 Å². The number of nitrogens with zero attached hydrogens (tertiary/aromatic N) is 2. The summed E-state index contributed by atoms with van der Waals surface area (Å²) in [4.78, 5) is 24.3. The molecule has 4 rings (SSSR count). The van der Waals surface area contributed by atoms with E-state index in [4.69, 9.17) is 4.74 Å². The van der Waals surface area contributed by atoms with Crippen LogP contribution >= 0.6 is 0 Å². The average Bonchev–Trinajstić information content (AvgIpc) is 2.78. The van der Waals surface area contributed by atoms with Crippen molar-refractivity contribution in [2.24, 2.45) is 0 Å². The van der Waals surface area contributed by atoms with Crippen LogP contribution in [-0.2, 0) is 11.3 Å². The highest BCUT2D eigenvalue weighted by molar-refractivity contribution is 6.01. The number of benzene rings is 3. The van der Waals surface area contributed by atoms with Gasteiger partial charge in [0.1, 0.15) is 6.61 Å². The number of nitrogens with one attached hydrogen (secondary N) is 1. The third kappa shape index (κ3) is 3.62. The lowest BCUT2D eigenvalue weighted by molar-refractivity contribution is 0.0467. The van der Waals surface area contributed by atoms with E-state index in [1.165, 1.54) is 0 Å². The summed E-state index contributed by atoms with van der Waals surface area (Å²) in [7, 11) is 0. The van der Waals surface area contributed by atoms with E-state index in [2.05, 4.69) is 16.3 Å². The minimum Gasteiger partial charge on any atom is -0.456 e. The molecule has 0 aliphatic rings. The molecule has 140 valence electrons. The van der Waals surface area contributed by atoms with E-state index in [-0.39, 0.29) is 17.9 Å². The third-order valence-electron chi connectivity index (χ3n) is 4.57. The first kappa shape index (κ1) is 18.1. The van der Waals surface area contributed by atoms with Crippen LogP contribution in [0.15, 0.2) is 77.6 Å². The molecule has 0 atom stereocenters. The van der Waals surface area contributed by atoms with Gasteiger partial charge in [-0.15, -0.1) is 0 Å². The zero-order chi connectivity index (χ0) is 20.2. The molecule has 0 fully saturated rings. The summed E-state index contributed by atoms with van der Waals surface area (Å²) in [5, 5.41) is 16.3. The summed E-state index contributed by atoms with van der Waals surface area (Å²) in [6.45, 7) is 0.0636. The van der Waals surface area contributed by atoms with Crippen LogP contribution in [0.2, 0.25) is 0 Å². The van der Waals surface area contributed by atoms with Gasteiger partial charge >= 0.3 is 5.97 Å². The quantitative estimate of drug-likeness (QED) is 0.542. The predicted octanol–water partition coefficient (Wildman–Crippen LogP) is 3.82. The Hall–Kier alpha value is -4.24. The smallest absolute Gasteiger partial charge is 0.359 e. The second-order valence-corrected chi connectivity index (χ2v) is 6.38. The lowest BCUT2D eigenvalue weighted by atomic mass is 9.99. The Kier molecular flexibility index (Phi) is 4.87. The normalized spacial score (nSPS) is 10.4. The predicted molar refractivity (Wildman–Crippen MR) is 108 cm³/mol. The lowest BCUT2D eigenvalue weighted by Gasteiger charge is -2.08. The minimum atomic E-state index is -0.614. The number of carbonyl (C=O) groups is 1. The van der Waals surface area contributed by atoms with Crippen LogP contribution in [0.3, 0.4) is 0 Å². The molecule has 3 aromatic carbocycles. The van der Waals surface area contributed by atoms with Crippen molar-refractivity contribution in [3.05, 3.63) is 100.0 Å². The Balaban J connectivity index is 1.52. The number of ether oxygens (including phenoxy) is 1. The fourth-order valence-corrected chi connectivity index (χ4v) is 3.10. The van der Waals surface area contributed by atoms with Gasteiger partial charge in [-0.05, 0) is 28.8 Å². The first-order chi connectivity index (χ1) is 14.2. The number of hydrogen-bond donors (Lipinski definition) is 1. The number of hydrogen-bond acceptors (Lipinski definition) is 5. The molecule has 0 aliphatic heterocycles. The molecule has 0 amide bonds. The summed E-state index contributed by atoms with van der Waals surface area (Å²) in [5.74, 6) is -0.614. The molecule has 1 N–H and O–H groups in total. The summed E-state index contributed by atoms with van der Waals surface area (Å²) < 4.78 is 5.38. The van der Waals surface area contributed by atoms with E-state index in [0.717, 1.165) is 16.7 Å². The maximum Gasteiger partial charge on any atom is 0.359 e. The van der Waals surface area contributed by atoms with Gasteiger partial charge in [0.25, 0.3) is 5.56 Å². The average molecular weight is 381 g/mol. The largest absolute Gasteiger partial charge is 0.456 e. The molecule has 0 saturated heterocycles. The molecule has 6 nitrogen and oxygen atoms in total.